The van der Waals surface area contributed by atoms with E-state index in [0.717, 1.165) is 0 Å². The van der Waals surface area contributed by atoms with Crippen molar-refractivity contribution >= 4 is 11.9 Å². The third-order valence-electron chi connectivity index (χ3n) is 1.50. The summed E-state index contributed by atoms with van der Waals surface area (Å²) in [5, 5.41) is 12.5. The van der Waals surface area contributed by atoms with Crippen LogP contribution in [0.4, 0.5) is 4.79 Å². The minimum atomic E-state index is -1.37. The third kappa shape index (κ3) is 1.31. The molecule has 6 heteroatoms. The maximum absolute atomic E-state index is 10.9. The molecule has 1 heterocycles. The molecule has 3 amide bonds. The van der Waals surface area contributed by atoms with E-state index in [1.807, 2.05) is 5.32 Å². The topological polar surface area (TPSA) is 87.7 Å². The lowest BCUT2D eigenvalue weighted by Crippen LogP contribution is -2.62. The average molecular weight is 160 g/mol. The molecule has 1 saturated heterocycles. The molecule has 3 N–H and O–H groups in total. The standard InChI is InChI=1S/C5H8N2O4/c1-5(11-10)2-6-4(9)7-3(5)8/h10H,2H2,1H3,(H2,6,7,8,9). The summed E-state index contributed by atoms with van der Waals surface area (Å²) in [6.45, 7) is 1.33. The Bertz CT molecular complexity index is 205. The first-order valence-corrected chi connectivity index (χ1v) is 3.00. The SMILES string of the molecule is CC1(OO)CNC(=O)NC1=O. The molecule has 0 aromatic rings. The Morgan fingerprint density at radius 3 is 2.73 bits per heavy atom. The second kappa shape index (κ2) is 2.48. The van der Waals surface area contributed by atoms with E-state index in [1.165, 1.54) is 6.92 Å². The van der Waals surface area contributed by atoms with Gasteiger partial charge in [0.05, 0.1) is 6.54 Å². The molecule has 11 heavy (non-hydrogen) atoms. The Morgan fingerprint density at radius 2 is 2.27 bits per heavy atom. The highest BCUT2D eigenvalue weighted by Gasteiger charge is 2.40. The van der Waals surface area contributed by atoms with E-state index < -0.39 is 17.5 Å². The van der Waals surface area contributed by atoms with Gasteiger partial charge in [-0.1, -0.05) is 0 Å². The van der Waals surface area contributed by atoms with Crippen LogP contribution < -0.4 is 10.6 Å². The lowest BCUT2D eigenvalue weighted by molar-refractivity contribution is -0.305. The molecule has 1 aliphatic heterocycles. The molecule has 0 aromatic heterocycles. The van der Waals surface area contributed by atoms with Crippen molar-refractivity contribution in [2.75, 3.05) is 6.54 Å². The van der Waals surface area contributed by atoms with Gasteiger partial charge in [-0.05, 0) is 6.92 Å². The molecule has 1 aliphatic rings. The number of carbonyl (C=O) groups is 2. The first-order valence-electron chi connectivity index (χ1n) is 3.00. The van der Waals surface area contributed by atoms with Crippen molar-refractivity contribution in [1.82, 2.24) is 10.6 Å². The molecule has 0 aromatic carbocycles. The summed E-state index contributed by atoms with van der Waals surface area (Å²) in [6, 6.07) is -0.579. The van der Waals surface area contributed by atoms with Crippen LogP contribution in [-0.2, 0) is 9.68 Å². The number of urea groups is 1. The molecule has 1 unspecified atom stereocenters. The summed E-state index contributed by atoms with van der Waals surface area (Å²) in [5.74, 6) is -0.649. The van der Waals surface area contributed by atoms with Crippen LogP contribution >= 0.6 is 0 Å². The maximum Gasteiger partial charge on any atom is 0.321 e. The maximum atomic E-state index is 10.9. The Hall–Kier alpha value is -1.14. The van der Waals surface area contributed by atoms with Crippen LogP contribution in [0, 0.1) is 0 Å². The van der Waals surface area contributed by atoms with Crippen molar-refractivity contribution in [2.24, 2.45) is 0 Å². The van der Waals surface area contributed by atoms with E-state index in [-0.39, 0.29) is 6.54 Å². The van der Waals surface area contributed by atoms with Crippen molar-refractivity contribution in [1.29, 1.82) is 0 Å². The Kier molecular flexibility index (Phi) is 1.79. The van der Waals surface area contributed by atoms with Gasteiger partial charge in [0.15, 0.2) is 5.60 Å². The fourth-order valence-electron chi connectivity index (χ4n) is 0.682. The molecule has 0 saturated carbocycles. The quantitative estimate of drug-likeness (QED) is 0.341. The van der Waals surface area contributed by atoms with Gasteiger partial charge in [0, 0.05) is 0 Å². The first-order chi connectivity index (χ1) is 5.08. The number of nitrogens with one attached hydrogen (secondary N) is 2. The molecular formula is C5H8N2O4. The number of imide groups is 1. The average Bonchev–Trinajstić information content (AvgIpc) is 1.98. The highest BCUT2D eigenvalue weighted by atomic mass is 17.1. The van der Waals surface area contributed by atoms with Crippen molar-refractivity contribution in [2.45, 2.75) is 12.5 Å². The van der Waals surface area contributed by atoms with E-state index in [1.54, 1.807) is 0 Å². The van der Waals surface area contributed by atoms with Gasteiger partial charge >= 0.3 is 6.03 Å². The summed E-state index contributed by atoms with van der Waals surface area (Å²) in [4.78, 5) is 25.3. The van der Waals surface area contributed by atoms with Gasteiger partial charge in [0.2, 0.25) is 0 Å². The second-order valence-corrected chi connectivity index (χ2v) is 2.46. The van der Waals surface area contributed by atoms with Crippen LogP contribution in [0.5, 0.6) is 0 Å². The summed E-state index contributed by atoms with van der Waals surface area (Å²) in [6.07, 6.45) is 0. The number of amides is 3. The Labute approximate surface area is 62.5 Å². The van der Waals surface area contributed by atoms with Gasteiger partial charge in [0.25, 0.3) is 5.91 Å². The predicted molar refractivity (Wildman–Crippen MR) is 33.7 cm³/mol. The van der Waals surface area contributed by atoms with E-state index in [9.17, 15) is 9.59 Å². The molecule has 62 valence electrons. The van der Waals surface area contributed by atoms with Crippen molar-refractivity contribution in [3.63, 3.8) is 0 Å². The minimum absolute atomic E-state index is 0.0336. The van der Waals surface area contributed by atoms with Gasteiger partial charge in [0.1, 0.15) is 0 Å². The summed E-state index contributed by atoms with van der Waals surface area (Å²) >= 11 is 0. The largest absolute Gasteiger partial charge is 0.334 e. The predicted octanol–water partition coefficient (Wildman–Crippen LogP) is -0.926. The van der Waals surface area contributed by atoms with E-state index in [0.29, 0.717) is 0 Å². The van der Waals surface area contributed by atoms with Crippen LogP contribution in [0.25, 0.3) is 0 Å². The Morgan fingerprint density at radius 1 is 1.64 bits per heavy atom. The fraction of sp³-hybridized carbons (Fsp3) is 0.600. The van der Waals surface area contributed by atoms with Crippen LogP contribution in [-0.4, -0.2) is 29.3 Å². The normalized spacial score (nSPS) is 31.1. The zero-order valence-corrected chi connectivity index (χ0v) is 5.88. The summed E-state index contributed by atoms with van der Waals surface area (Å²) in [7, 11) is 0. The van der Waals surface area contributed by atoms with Gasteiger partial charge in [-0.15, -0.1) is 0 Å². The number of rotatable bonds is 1. The van der Waals surface area contributed by atoms with Gasteiger partial charge < -0.3 is 5.32 Å². The number of carbonyl (C=O) groups excluding carboxylic acids is 2. The molecule has 1 rings (SSSR count). The molecular weight excluding hydrogens is 152 g/mol. The molecule has 1 fully saturated rings. The molecule has 0 radical (unpaired) electrons. The Balaban J connectivity index is 2.71. The van der Waals surface area contributed by atoms with Gasteiger partial charge in [-0.2, -0.15) is 0 Å². The smallest absolute Gasteiger partial charge is 0.321 e. The molecule has 1 atom stereocenters. The number of hydrogen-bond acceptors (Lipinski definition) is 4. The van der Waals surface area contributed by atoms with Crippen LogP contribution in [0.3, 0.4) is 0 Å². The first kappa shape index (κ1) is 7.96. The summed E-state index contributed by atoms with van der Waals surface area (Å²) in [5.41, 5.74) is -1.37. The minimum Gasteiger partial charge on any atom is -0.334 e. The molecule has 0 spiro atoms. The van der Waals surface area contributed by atoms with Crippen LogP contribution in [0.2, 0.25) is 0 Å². The monoisotopic (exact) mass is 160 g/mol. The summed E-state index contributed by atoms with van der Waals surface area (Å²) < 4.78 is 0. The fourth-order valence-corrected chi connectivity index (χ4v) is 0.682. The zero-order valence-electron chi connectivity index (χ0n) is 5.88. The molecule has 0 aliphatic carbocycles. The van der Waals surface area contributed by atoms with Crippen molar-refractivity contribution in [3.05, 3.63) is 0 Å². The third-order valence-corrected chi connectivity index (χ3v) is 1.50. The van der Waals surface area contributed by atoms with Crippen LogP contribution in [0.15, 0.2) is 0 Å². The lowest BCUT2D eigenvalue weighted by atomic mass is 10.1. The highest BCUT2D eigenvalue weighted by Crippen LogP contribution is 2.09. The van der Waals surface area contributed by atoms with Gasteiger partial charge in [-0.25, -0.2) is 9.68 Å². The lowest BCUT2D eigenvalue weighted by Gasteiger charge is -2.28. The molecule has 6 nitrogen and oxygen atoms in total. The highest BCUT2D eigenvalue weighted by molar-refractivity contribution is 6.01. The van der Waals surface area contributed by atoms with E-state index in [4.69, 9.17) is 5.26 Å². The van der Waals surface area contributed by atoms with Crippen molar-refractivity contribution < 1.29 is 19.7 Å². The molecule has 0 bridgehead atoms. The van der Waals surface area contributed by atoms with E-state index in [2.05, 4.69) is 10.2 Å². The van der Waals surface area contributed by atoms with E-state index >= 15 is 0 Å². The number of hydrogen-bond donors (Lipinski definition) is 3. The van der Waals surface area contributed by atoms with Crippen molar-refractivity contribution in [3.8, 4) is 0 Å². The van der Waals surface area contributed by atoms with Crippen LogP contribution in [0.1, 0.15) is 6.92 Å². The van der Waals surface area contributed by atoms with Gasteiger partial charge in [-0.3, -0.25) is 15.4 Å². The second-order valence-electron chi connectivity index (χ2n) is 2.46. The zero-order chi connectivity index (χ0) is 8.48.